The largest absolute Gasteiger partial charge is 0.495 e. The molecule has 1 unspecified atom stereocenters. The Bertz CT molecular complexity index is 1000. The van der Waals surface area contributed by atoms with E-state index in [1.807, 2.05) is 54.6 Å². The fourth-order valence-electron chi connectivity index (χ4n) is 2.96. The third-order valence-electron chi connectivity index (χ3n) is 4.29. The van der Waals surface area contributed by atoms with Gasteiger partial charge in [-0.1, -0.05) is 50.1 Å². The molecule has 2 aromatic carbocycles. The SMILES string of the molecule is CCCCCS(=O)(=Nc1cccc2cccnc12)c1ccccc1OC. The third kappa shape index (κ3) is 3.88. The maximum atomic E-state index is 14.0. The van der Waals surface area contributed by atoms with E-state index in [-0.39, 0.29) is 0 Å². The van der Waals surface area contributed by atoms with Gasteiger partial charge in [-0.3, -0.25) is 4.98 Å². The minimum Gasteiger partial charge on any atom is -0.495 e. The third-order valence-corrected chi connectivity index (χ3v) is 6.65. The molecule has 0 N–H and O–H groups in total. The molecular formula is C21H24N2O2S. The minimum atomic E-state index is -2.67. The smallest absolute Gasteiger partial charge is 0.135 e. The molecule has 0 aliphatic heterocycles. The van der Waals surface area contributed by atoms with E-state index in [9.17, 15) is 4.21 Å². The number of fused-ring (bicyclic) bond motifs is 1. The average molecular weight is 369 g/mol. The van der Waals surface area contributed by atoms with E-state index in [0.717, 1.165) is 30.2 Å². The molecule has 0 saturated heterocycles. The van der Waals surface area contributed by atoms with Gasteiger partial charge in [-0.15, -0.1) is 0 Å². The van der Waals surface area contributed by atoms with E-state index in [1.165, 1.54) is 0 Å². The number of aromatic nitrogens is 1. The van der Waals surface area contributed by atoms with Gasteiger partial charge in [0.1, 0.15) is 5.75 Å². The summed E-state index contributed by atoms with van der Waals surface area (Å²) < 4.78 is 24.2. The van der Waals surface area contributed by atoms with Crippen LogP contribution in [-0.2, 0) is 9.73 Å². The number of hydrogen-bond acceptors (Lipinski definition) is 4. The number of methoxy groups -OCH3 is 1. The maximum Gasteiger partial charge on any atom is 0.135 e. The number of nitrogens with zero attached hydrogens (tertiary/aromatic N) is 2. The summed E-state index contributed by atoms with van der Waals surface area (Å²) in [6.07, 6.45) is 4.69. The normalized spacial score (nSPS) is 13.3. The molecule has 0 aliphatic carbocycles. The topological polar surface area (TPSA) is 51.5 Å². The monoisotopic (exact) mass is 368 g/mol. The Kier molecular flexibility index (Phi) is 5.89. The average Bonchev–Trinajstić information content (AvgIpc) is 2.68. The van der Waals surface area contributed by atoms with Crippen LogP contribution in [0.3, 0.4) is 0 Å². The van der Waals surface area contributed by atoms with Crippen LogP contribution in [0.2, 0.25) is 0 Å². The van der Waals surface area contributed by atoms with Gasteiger partial charge in [0.25, 0.3) is 0 Å². The van der Waals surface area contributed by atoms with E-state index < -0.39 is 9.73 Å². The van der Waals surface area contributed by atoms with Crippen molar-refractivity contribution >= 4 is 26.3 Å². The van der Waals surface area contributed by atoms with Crippen LogP contribution in [0.25, 0.3) is 10.9 Å². The van der Waals surface area contributed by atoms with Crippen molar-refractivity contribution in [3.05, 3.63) is 60.8 Å². The molecule has 0 aliphatic rings. The molecule has 3 aromatic rings. The highest BCUT2D eigenvalue weighted by molar-refractivity contribution is 7.93. The van der Waals surface area contributed by atoms with Crippen LogP contribution in [-0.4, -0.2) is 22.1 Å². The highest BCUT2D eigenvalue weighted by atomic mass is 32.2. The highest BCUT2D eigenvalue weighted by Gasteiger charge is 2.18. The predicted octanol–water partition coefficient (Wildman–Crippen LogP) is 5.59. The summed E-state index contributed by atoms with van der Waals surface area (Å²) in [6.45, 7) is 2.14. The molecular weight excluding hydrogens is 344 g/mol. The molecule has 5 heteroatoms. The molecule has 0 bridgehead atoms. The van der Waals surface area contributed by atoms with Gasteiger partial charge in [-0.2, -0.15) is 4.36 Å². The first-order valence-electron chi connectivity index (χ1n) is 8.89. The lowest BCUT2D eigenvalue weighted by Crippen LogP contribution is -2.08. The summed E-state index contributed by atoms with van der Waals surface area (Å²) in [5.41, 5.74) is 1.43. The maximum absolute atomic E-state index is 14.0. The molecule has 0 fully saturated rings. The van der Waals surface area contributed by atoms with E-state index >= 15 is 0 Å². The van der Waals surface area contributed by atoms with Crippen molar-refractivity contribution in [3.63, 3.8) is 0 Å². The molecule has 1 aromatic heterocycles. The van der Waals surface area contributed by atoms with Crippen LogP contribution in [0.4, 0.5) is 5.69 Å². The molecule has 0 amide bonds. The highest BCUT2D eigenvalue weighted by Crippen LogP contribution is 2.32. The van der Waals surface area contributed by atoms with Crippen LogP contribution in [0.5, 0.6) is 5.75 Å². The first-order valence-corrected chi connectivity index (χ1v) is 10.6. The predicted molar refractivity (Wildman–Crippen MR) is 108 cm³/mol. The van der Waals surface area contributed by atoms with Crippen LogP contribution in [0, 0.1) is 0 Å². The lowest BCUT2D eigenvalue weighted by atomic mass is 10.2. The second-order valence-corrected chi connectivity index (χ2v) is 8.46. The Labute approximate surface area is 155 Å². The number of unbranched alkanes of at least 4 members (excludes halogenated alkanes) is 2. The Morgan fingerprint density at radius 3 is 2.65 bits per heavy atom. The zero-order chi connectivity index (χ0) is 18.4. The fourth-order valence-corrected chi connectivity index (χ4v) is 5.18. The Morgan fingerprint density at radius 1 is 1.04 bits per heavy atom. The second-order valence-electron chi connectivity index (χ2n) is 6.15. The van der Waals surface area contributed by atoms with Gasteiger partial charge in [0.2, 0.25) is 0 Å². The molecule has 0 radical (unpaired) electrons. The summed E-state index contributed by atoms with van der Waals surface area (Å²) in [5, 5.41) is 0.990. The standard InChI is InChI=1S/C21H24N2O2S/c1-3-4-7-16-26(24,20-14-6-5-13-19(20)25-2)23-18-12-8-10-17-11-9-15-22-21(17)18/h5-6,8-15H,3-4,7,16H2,1-2H3. The Hall–Kier alpha value is -2.40. The van der Waals surface area contributed by atoms with Crippen LogP contribution < -0.4 is 4.74 Å². The first kappa shape index (κ1) is 18.4. The molecule has 0 spiro atoms. The van der Waals surface area contributed by atoms with Crippen molar-refractivity contribution in [3.8, 4) is 5.75 Å². The van der Waals surface area contributed by atoms with Crippen molar-refractivity contribution < 1.29 is 8.95 Å². The summed E-state index contributed by atoms with van der Waals surface area (Å²) in [5.74, 6) is 1.12. The molecule has 3 rings (SSSR count). The van der Waals surface area contributed by atoms with Crippen molar-refractivity contribution in [2.45, 2.75) is 31.1 Å². The summed E-state index contributed by atoms with van der Waals surface area (Å²) in [7, 11) is -1.07. The number of pyridine rings is 1. The van der Waals surface area contributed by atoms with Gasteiger partial charge >= 0.3 is 0 Å². The van der Waals surface area contributed by atoms with Crippen molar-refractivity contribution in [2.75, 3.05) is 12.9 Å². The lowest BCUT2D eigenvalue weighted by Gasteiger charge is -2.14. The summed E-state index contributed by atoms with van der Waals surface area (Å²) >= 11 is 0. The zero-order valence-electron chi connectivity index (χ0n) is 15.2. The van der Waals surface area contributed by atoms with Gasteiger partial charge in [0.05, 0.1) is 32.9 Å². The zero-order valence-corrected chi connectivity index (χ0v) is 16.0. The Morgan fingerprint density at radius 2 is 1.85 bits per heavy atom. The second kappa shape index (κ2) is 8.32. The number of ether oxygens (including phenoxy) is 1. The van der Waals surface area contributed by atoms with Crippen LogP contribution in [0.1, 0.15) is 26.2 Å². The van der Waals surface area contributed by atoms with Crippen LogP contribution in [0.15, 0.2) is 70.1 Å². The van der Waals surface area contributed by atoms with Gasteiger partial charge < -0.3 is 4.74 Å². The number of para-hydroxylation sites is 2. The molecule has 1 atom stereocenters. The van der Waals surface area contributed by atoms with Crippen molar-refractivity contribution in [1.82, 2.24) is 4.98 Å². The minimum absolute atomic E-state index is 0.504. The van der Waals surface area contributed by atoms with Gasteiger partial charge in [-0.25, -0.2) is 4.21 Å². The molecule has 4 nitrogen and oxygen atoms in total. The molecule has 136 valence electrons. The Balaban J connectivity index is 2.20. The quantitative estimate of drug-likeness (QED) is 0.511. The van der Waals surface area contributed by atoms with E-state index in [0.29, 0.717) is 22.1 Å². The lowest BCUT2D eigenvalue weighted by molar-refractivity contribution is 0.404. The van der Waals surface area contributed by atoms with Crippen molar-refractivity contribution in [2.24, 2.45) is 4.36 Å². The van der Waals surface area contributed by atoms with Gasteiger partial charge in [-0.05, 0) is 30.7 Å². The molecule has 0 saturated carbocycles. The number of benzene rings is 2. The number of rotatable bonds is 7. The van der Waals surface area contributed by atoms with E-state index in [4.69, 9.17) is 9.10 Å². The summed E-state index contributed by atoms with van der Waals surface area (Å²) in [6, 6.07) is 17.1. The van der Waals surface area contributed by atoms with Crippen molar-refractivity contribution in [1.29, 1.82) is 0 Å². The molecule has 1 heterocycles. The van der Waals surface area contributed by atoms with Gasteiger partial charge in [0.15, 0.2) is 0 Å². The first-order chi connectivity index (χ1) is 12.7. The number of hydrogen-bond donors (Lipinski definition) is 0. The van der Waals surface area contributed by atoms with E-state index in [2.05, 4.69) is 11.9 Å². The fraction of sp³-hybridized carbons (Fsp3) is 0.286. The van der Waals surface area contributed by atoms with Crippen LogP contribution >= 0.6 is 0 Å². The van der Waals surface area contributed by atoms with Gasteiger partial charge in [0, 0.05) is 17.3 Å². The summed E-state index contributed by atoms with van der Waals surface area (Å²) in [4.78, 5) is 5.11. The molecule has 26 heavy (non-hydrogen) atoms. The van der Waals surface area contributed by atoms with E-state index in [1.54, 1.807) is 13.3 Å².